The highest BCUT2D eigenvalue weighted by molar-refractivity contribution is 5.76. The Morgan fingerprint density at radius 3 is 2.11 bits per heavy atom. The third-order valence-electron chi connectivity index (χ3n) is 4.99. The molecular weight excluding hydrogens is 236 g/mol. The van der Waals surface area contributed by atoms with Crippen LogP contribution in [0.2, 0.25) is 0 Å². The van der Waals surface area contributed by atoms with Crippen molar-refractivity contribution in [3.8, 4) is 0 Å². The van der Waals surface area contributed by atoms with E-state index in [0.717, 1.165) is 6.54 Å². The molecule has 1 unspecified atom stereocenters. The van der Waals surface area contributed by atoms with Crippen LogP contribution in [0.4, 0.5) is 0 Å². The maximum atomic E-state index is 12.4. The van der Waals surface area contributed by atoms with Crippen LogP contribution in [0.5, 0.6) is 0 Å². The summed E-state index contributed by atoms with van der Waals surface area (Å²) in [6.45, 7) is 9.51. The summed E-state index contributed by atoms with van der Waals surface area (Å²) in [5, 5.41) is 0. The normalized spacial score (nSPS) is 26.0. The lowest BCUT2D eigenvalue weighted by molar-refractivity contribution is -0.135. The third-order valence-corrected chi connectivity index (χ3v) is 4.99. The first kappa shape index (κ1) is 16.5. The molecule has 0 spiro atoms. The van der Waals surface area contributed by atoms with Gasteiger partial charge in [0.15, 0.2) is 0 Å². The molecule has 3 nitrogen and oxygen atoms in total. The van der Waals surface area contributed by atoms with E-state index in [4.69, 9.17) is 5.73 Å². The standard InChI is InChI=1S/C16H32N2O/c1-12(16(2,3)4)18(5)15(19)10-13-6-8-14(11-17)9-7-13/h12-14H,6-11,17H2,1-5H3. The number of carbonyl (C=O) groups is 1. The molecule has 0 saturated heterocycles. The van der Waals surface area contributed by atoms with E-state index in [2.05, 4.69) is 27.7 Å². The number of nitrogens with two attached hydrogens (primary N) is 1. The summed E-state index contributed by atoms with van der Waals surface area (Å²) in [5.41, 5.74) is 5.85. The topological polar surface area (TPSA) is 46.3 Å². The van der Waals surface area contributed by atoms with Crippen molar-refractivity contribution in [3.05, 3.63) is 0 Å². The van der Waals surface area contributed by atoms with E-state index in [1.165, 1.54) is 25.7 Å². The lowest BCUT2D eigenvalue weighted by Crippen LogP contribution is -2.43. The van der Waals surface area contributed by atoms with Crippen molar-refractivity contribution in [2.24, 2.45) is 23.0 Å². The van der Waals surface area contributed by atoms with Gasteiger partial charge in [-0.3, -0.25) is 4.79 Å². The molecule has 1 fully saturated rings. The second kappa shape index (κ2) is 6.74. The molecule has 0 radical (unpaired) electrons. The van der Waals surface area contributed by atoms with Crippen molar-refractivity contribution in [2.75, 3.05) is 13.6 Å². The van der Waals surface area contributed by atoms with Gasteiger partial charge in [0.2, 0.25) is 5.91 Å². The summed E-state index contributed by atoms with van der Waals surface area (Å²) in [7, 11) is 1.95. The maximum absolute atomic E-state index is 12.4. The molecule has 1 rings (SSSR count). The first-order valence-electron chi connectivity index (χ1n) is 7.71. The van der Waals surface area contributed by atoms with E-state index in [9.17, 15) is 4.79 Å². The van der Waals surface area contributed by atoms with Crippen molar-refractivity contribution < 1.29 is 4.79 Å². The second-order valence-electron chi connectivity index (χ2n) is 7.37. The molecular formula is C16H32N2O. The molecule has 1 aliphatic carbocycles. The van der Waals surface area contributed by atoms with E-state index in [1.807, 2.05) is 11.9 Å². The van der Waals surface area contributed by atoms with Crippen LogP contribution in [0.1, 0.15) is 59.8 Å². The highest BCUT2D eigenvalue weighted by Gasteiger charge is 2.29. The van der Waals surface area contributed by atoms with E-state index >= 15 is 0 Å². The van der Waals surface area contributed by atoms with Gasteiger partial charge >= 0.3 is 0 Å². The van der Waals surface area contributed by atoms with Crippen molar-refractivity contribution in [1.29, 1.82) is 0 Å². The summed E-state index contributed by atoms with van der Waals surface area (Å²) in [4.78, 5) is 14.3. The SMILES string of the molecule is CC(N(C)C(=O)CC1CCC(CN)CC1)C(C)(C)C. The molecule has 1 atom stereocenters. The Balaban J connectivity index is 2.43. The zero-order chi connectivity index (χ0) is 14.6. The average Bonchev–Trinajstić information content (AvgIpc) is 2.36. The van der Waals surface area contributed by atoms with Crippen LogP contribution in [0, 0.1) is 17.3 Å². The number of rotatable bonds is 4. The maximum Gasteiger partial charge on any atom is 0.222 e. The molecule has 19 heavy (non-hydrogen) atoms. The number of amides is 1. The molecule has 1 amide bonds. The monoisotopic (exact) mass is 268 g/mol. The minimum absolute atomic E-state index is 0.140. The van der Waals surface area contributed by atoms with Crippen LogP contribution in [0.15, 0.2) is 0 Å². The second-order valence-corrected chi connectivity index (χ2v) is 7.37. The van der Waals surface area contributed by atoms with E-state index in [1.54, 1.807) is 0 Å². The Kier molecular flexibility index (Phi) is 5.84. The summed E-state index contributed by atoms with van der Waals surface area (Å²) in [6.07, 6.45) is 5.46. The van der Waals surface area contributed by atoms with Crippen molar-refractivity contribution >= 4 is 5.91 Å². The molecule has 0 aromatic heterocycles. The van der Waals surface area contributed by atoms with Crippen LogP contribution in [0.25, 0.3) is 0 Å². The first-order chi connectivity index (χ1) is 8.75. The molecule has 0 aromatic carbocycles. The van der Waals surface area contributed by atoms with Gasteiger partial charge in [0.25, 0.3) is 0 Å². The van der Waals surface area contributed by atoms with Crippen LogP contribution in [-0.2, 0) is 4.79 Å². The van der Waals surface area contributed by atoms with Crippen LogP contribution < -0.4 is 5.73 Å². The molecule has 0 heterocycles. The number of hydrogen-bond acceptors (Lipinski definition) is 2. The van der Waals surface area contributed by atoms with Gasteiger partial charge in [0, 0.05) is 19.5 Å². The summed E-state index contributed by atoms with van der Waals surface area (Å²) in [5.74, 6) is 1.57. The van der Waals surface area contributed by atoms with Gasteiger partial charge in [0.05, 0.1) is 0 Å². The minimum atomic E-state index is 0.140. The zero-order valence-electron chi connectivity index (χ0n) is 13.4. The smallest absolute Gasteiger partial charge is 0.222 e. The fourth-order valence-corrected chi connectivity index (χ4v) is 2.86. The summed E-state index contributed by atoms with van der Waals surface area (Å²) in [6, 6.07) is 0.278. The van der Waals surface area contributed by atoms with Crippen LogP contribution in [-0.4, -0.2) is 30.4 Å². The molecule has 0 bridgehead atoms. The highest BCUT2D eigenvalue weighted by atomic mass is 16.2. The fraction of sp³-hybridized carbons (Fsp3) is 0.938. The van der Waals surface area contributed by atoms with E-state index < -0.39 is 0 Å². The van der Waals surface area contributed by atoms with E-state index in [0.29, 0.717) is 24.2 Å². The third kappa shape index (κ3) is 4.79. The molecule has 3 heteroatoms. The van der Waals surface area contributed by atoms with Crippen molar-refractivity contribution in [2.45, 2.75) is 65.8 Å². The molecule has 1 saturated carbocycles. The predicted octanol–water partition coefficient (Wildman–Crippen LogP) is 3.03. The lowest BCUT2D eigenvalue weighted by Gasteiger charge is -2.36. The van der Waals surface area contributed by atoms with Gasteiger partial charge in [0.1, 0.15) is 0 Å². The number of carbonyl (C=O) groups excluding carboxylic acids is 1. The average molecular weight is 268 g/mol. The van der Waals surface area contributed by atoms with Gasteiger partial charge in [-0.15, -0.1) is 0 Å². The number of hydrogen-bond donors (Lipinski definition) is 1. The van der Waals surface area contributed by atoms with Gasteiger partial charge in [-0.2, -0.15) is 0 Å². The Labute approximate surface area is 118 Å². The largest absolute Gasteiger partial charge is 0.343 e. The zero-order valence-corrected chi connectivity index (χ0v) is 13.4. The molecule has 2 N–H and O–H groups in total. The Hall–Kier alpha value is -0.570. The minimum Gasteiger partial charge on any atom is -0.343 e. The molecule has 0 aromatic rings. The van der Waals surface area contributed by atoms with Gasteiger partial charge in [-0.1, -0.05) is 20.8 Å². The Morgan fingerprint density at radius 2 is 1.68 bits per heavy atom. The predicted molar refractivity (Wildman–Crippen MR) is 80.8 cm³/mol. The fourth-order valence-electron chi connectivity index (χ4n) is 2.86. The van der Waals surface area contributed by atoms with Gasteiger partial charge in [-0.25, -0.2) is 0 Å². The quantitative estimate of drug-likeness (QED) is 0.852. The number of nitrogens with zero attached hydrogens (tertiary/aromatic N) is 1. The summed E-state index contributed by atoms with van der Waals surface area (Å²) < 4.78 is 0. The summed E-state index contributed by atoms with van der Waals surface area (Å²) >= 11 is 0. The highest BCUT2D eigenvalue weighted by Crippen LogP contribution is 2.31. The van der Waals surface area contributed by atoms with Crippen LogP contribution in [0.3, 0.4) is 0 Å². The van der Waals surface area contributed by atoms with Gasteiger partial charge < -0.3 is 10.6 Å². The van der Waals surface area contributed by atoms with Crippen molar-refractivity contribution in [1.82, 2.24) is 4.90 Å². The molecule has 112 valence electrons. The van der Waals surface area contributed by atoms with Gasteiger partial charge in [-0.05, 0) is 56.4 Å². The van der Waals surface area contributed by atoms with E-state index in [-0.39, 0.29) is 11.5 Å². The Morgan fingerprint density at radius 1 is 1.21 bits per heavy atom. The Bertz CT molecular complexity index is 288. The molecule has 0 aliphatic heterocycles. The van der Waals surface area contributed by atoms with Crippen molar-refractivity contribution in [3.63, 3.8) is 0 Å². The van der Waals surface area contributed by atoms with Crippen LogP contribution >= 0.6 is 0 Å². The molecule has 1 aliphatic rings. The first-order valence-corrected chi connectivity index (χ1v) is 7.71. The lowest BCUT2D eigenvalue weighted by atomic mass is 9.80.